The number of ether oxygens (including phenoxy) is 2. The van der Waals surface area contributed by atoms with Gasteiger partial charge in [0.2, 0.25) is 17.7 Å². The molecule has 71 heavy (non-hydrogen) atoms. The van der Waals surface area contributed by atoms with Gasteiger partial charge in [-0.2, -0.15) is 0 Å². The molecule has 0 saturated carbocycles. The zero-order valence-electron chi connectivity index (χ0n) is 39.8. The van der Waals surface area contributed by atoms with E-state index in [-0.39, 0.29) is 80.3 Å². The first kappa shape index (κ1) is 52.6. The highest BCUT2D eigenvalue weighted by molar-refractivity contribution is 6.19. The third-order valence-corrected chi connectivity index (χ3v) is 12.4. The van der Waals surface area contributed by atoms with Gasteiger partial charge >= 0.3 is 12.1 Å². The number of hydrogen-bond acceptors (Lipinski definition) is 10. The van der Waals surface area contributed by atoms with E-state index in [4.69, 9.17) is 26.8 Å². The first-order valence-corrected chi connectivity index (χ1v) is 23.9. The van der Waals surface area contributed by atoms with Crippen molar-refractivity contribution in [1.82, 2.24) is 20.9 Å². The molecule has 374 valence electrons. The predicted octanol–water partition coefficient (Wildman–Crippen LogP) is 6.48. The number of nitrogens with one attached hydrogen (secondary N) is 5. The lowest BCUT2D eigenvalue weighted by atomic mass is 9.95. The lowest BCUT2D eigenvalue weighted by molar-refractivity contribution is -0.137. The number of benzene rings is 4. The van der Waals surface area contributed by atoms with Crippen LogP contribution in [0.15, 0.2) is 97.1 Å². The average Bonchev–Trinajstić information content (AvgIpc) is 3.90. The zero-order valence-corrected chi connectivity index (χ0v) is 40.6. The van der Waals surface area contributed by atoms with Crippen LogP contribution in [-0.4, -0.2) is 97.2 Å². The van der Waals surface area contributed by atoms with E-state index in [2.05, 4.69) is 26.6 Å². The van der Waals surface area contributed by atoms with Crippen LogP contribution in [0.5, 0.6) is 5.75 Å². The molecule has 1 unspecified atom stereocenters. The molecule has 3 atom stereocenters. The molecule has 0 aromatic heterocycles. The van der Waals surface area contributed by atoms with Crippen LogP contribution in [0, 0.1) is 5.92 Å². The molecular formula is C52H59ClN8O10. The van der Waals surface area contributed by atoms with Gasteiger partial charge in [0.15, 0.2) is 0 Å². The molecule has 2 aliphatic heterocycles. The Hall–Kier alpha value is -7.73. The van der Waals surface area contributed by atoms with Gasteiger partial charge in [-0.1, -0.05) is 68.8 Å². The van der Waals surface area contributed by atoms with Gasteiger partial charge in [-0.05, 0) is 90.1 Å². The molecule has 18 nitrogen and oxygen atoms in total. The van der Waals surface area contributed by atoms with Gasteiger partial charge in [0.1, 0.15) is 24.4 Å². The maximum atomic E-state index is 13.7. The third kappa shape index (κ3) is 14.4. The van der Waals surface area contributed by atoms with Crippen molar-refractivity contribution in [2.24, 2.45) is 11.7 Å². The topological polar surface area (TPSA) is 248 Å². The maximum Gasteiger partial charge on any atom is 0.411 e. The Morgan fingerprint density at radius 2 is 1.55 bits per heavy atom. The number of primary amides is 1. The van der Waals surface area contributed by atoms with E-state index in [1.54, 1.807) is 62.3 Å². The van der Waals surface area contributed by atoms with Crippen molar-refractivity contribution in [3.63, 3.8) is 0 Å². The number of unbranched alkanes of at least 4 members (excludes halogenated alkanes) is 2. The summed E-state index contributed by atoms with van der Waals surface area (Å²) in [4.78, 5) is 105. The van der Waals surface area contributed by atoms with E-state index in [1.165, 1.54) is 18.2 Å². The van der Waals surface area contributed by atoms with Crippen molar-refractivity contribution in [2.45, 2.75) is 77.0 Å². The number of imide groups is 1. The Labute approximate surface area is 416 Å². The summed E-state index contributed by atoms with van der Waals surface area (Å²) >= 11 is 6.46. The van der Waals surface area contributed by atoms with Crippen molar-refractivity contribution in [1.29, 1.82) is 0 Å². The summed E-state index contributed by atoms with van der Waals surface area (Å²) in [6.07, 6.45) is 7.04. The van der Waals surface area contributed by atoms with E-state index < -0.39 is 36.0 Å². The van der Waals surface area contributed by atoms with Crippen molar-refractivity contribution < 1.29 is 47.8 Å². The summed E-state index contributed by atoms with van der Waals surface area (Å²) in [5, 5.41) is 15.3. The number of fused-ring (bicyclic) bond motifs is 3. The Morgan fingerprint density at radius 3 is 2.21 bits per heavy atom. The third-order valence-electron chi connectivity index (χ3n) is 12.0. The number of halogens is 1. The smallest absolute Gasteiger partial charge is 0.411 e. The van der Waals surface area contributed by atoms with Gasteiger partial charge < -0.3 is 41.4 Å². The van der Waals surface area contributed by atoms with Gasteiger partial charge in [0.25, 0.3) is 17.7 Å². The predicted molar refractivity (Wildman–Crippen MR) is 271 cm³/mol. The van der Waals surface area contributed by atoms with Gasteiger partial charge in [0.05, 0.1) is 18.5 Å². The second-order valence-electron chi connectivity index (χ2n) is 17.5. The zero-order chi connectivity index (χ0) is 51.0. The van der Waals surface area contributed by atoms with Crippen molar-refractivity contribution in [3.05, 3.63) is 114 Å². The van der Waals surface area contributed by atoms with Crippen LogP contribution >= 0.6 is 11.6 Å². The number of carbonyl (C=O) groups excluding carboxylic acids is 8. The molecule has 7 N–H and O–H groups in total. The summed E-state index contributed by atoms with van der Waals surface area (Å²) in [5.41, 5.74) is 9.02. The van der Waals surface area contributed by atoms with Crippen LogP contribution in [0.2, 0.25) is 0 Å². The molecule has 0 bridgehead atoms. The highest BCUT2D eigenvalue weighted by atomic mass is 35.5. The van der Waals surface area contributed by atoms with Crippen molar-refractivity contribution >= 4 is 93.1 Å². The molecule has 0 radical (unpaired) electrons. The summed E-state index contributed by atoms with van der Waals surface area (Å²) in [7, 11) is 1.58. The van der Waals surface area contributed by atoms with Crippen LogP contribution in [0.25, 0.3) is 16.8 Å². The largest absolute Gasteiger partial charge is 0.497 e. The molecule has 0 saturated heterocycles. The minimum Gasteiger partial charge on any atom is -0.497 e. The number of amides is 9. The van der Waals surface area contributed by atoms with E-state index in [9.17, 15) is 38.4 Å². The summed E-state index contributed by atoms with van der Waals surface area (Å²) in [6, 6.07) is 20.4. The molecule has 2 aliphatic rings. The first-order chi connectivity index (χ1) is 34.1. The lowest BCUT2D eigenvalue weighted by Crippen LogP contribution is -2.54. The lowest BCUT2D eigenvalue weighted by Gasteiger charge is -2.25. The molecule has 0 spiro atoms. The highest BCUT2D eigenvalue weighted by Crippen LogP contribution is 2.45. The molecule has 2 heterocycles. The van der Waals surface area contributed by atoms with Gasteiger partial charge in [-0.25, -0.2) is 9.59 Å². The molecular weight excluding hydrogens is 932 g/mol. The fourth-order valence-corrected chi connectivity index (χ4v) is 8.53. The SMILES string of the molecule is COc1ccc(/C=C/C(=O)N2CC(CCl)c3c2cc(NC(=O)OCc2ccc(NC(=O)[C@H](CCCNC(N)=O)NC(=O)[C@@H](NC(=O)CCCCCN4C(=O)C=CC4=O)C(C)C)cc2)c2ccccc32)cc1. The monoisotopic (exact) mass is 990 g/mol. The standard InChI is InChI=1S/C52H59ClN8O10/c1-32(2)48(59-43(62)13-5-4-8-27-60-44(63)24-25-45(60)64)50(67)57-40(12-9-26-55-51(54)68)49(66)56-36-19-14-34(15-20-36)31-71-52(69)58-41-28-42-47(39-11-7-6-10-38(39)41)35(29-53)30-61(42)46(65)23-18-33-16-21-37(70-3)22-17-33/h6-7,10-11,14-25,28,32,35,40,48H,4-5,8-9,12-13,26-27,29-31H2,1-3H3,(H,56,66)(H,57,67)(H,58,69)(H,59,62)(H3,54,55,68)/b23-18+/t35?,40-,48-/m0/s1. The Morgan fingerprint density at radius 1 is 0.845 bits per heavy atom. The highest BCUT2D eigenvalue weighted by Gasteiger charge is 2.34. The number of hydrogen-bond donors (Lipinski definition) is 6. The maximum absolute atomic E-state index is 13.7. The molecule has 0 aliphatic carbocycles. The number of nitrogens with zero attached hydrogens (tertiary/aromatic N) is 2. The number of carbonyl (C=O) groups is 8. The molecule has 19 heteroatoms. The van der Waals surface area contributed by atoms with E-state index in [0.29, 0.717) is 54.2 Å². The number of urea groups is 1. The van der Waals surface area contributed by atoms with Gasteiger partial charge in [-0.3, -0.25) is 39.0 Å². The molecule has 9 amide bonds. The fraction of sp³-hybridized carbons (Fsp3) is 0.346. The number of methoxy groups -OCH3 is 1. The minimum absolute atomic E-state index is 0.112. The fourth-order valence-electron chi connectivity index (χ4n) is 8.28. The summed E-state index contributed by atoms with van der Waals surface area (Å²) in [6.45, 7) is 4.17. The Balaban J connectivity index is 1.04. The van der Waals surface area contributed by atoms with E-state index in [1.807, 2.05) is 48.5 Å². The number of anilines is 3. The summed E-state index contributed by atoms with van der Waals surface area (Å²) in [5.74, 6) is -1.95. The molecule has 4 aromatic rings. The minimum atomic E-state index is -1.07. The summed E-state index contributed by atoms with van der Waals surface area (Å²) < 4.78 is 10.9. The average molecular weight is 992 g/mol. The number of alkyl halides is 1. The molecule has 4 aromatic carbocycles. The van der Waals surface area contributed by atoms with Crippen molar-refractivity contribution in [2.75, 3.05) is 48.2 Å². The normalized spacial score (nSPS) is 14.9. The quantitative estimate of drug-likeness (QED) is 0.0204. The van der Waals surface area contributed by atoms with Crippen LogP contribution in [0.4, 0.5) is 26.7 Å². The van der Waals surface area contributed by atoms with E-state index >= 15 is 0 Å². The Bertz CT molecular complexity index is 2660. The molecule has 0 fully saturated rings. The van der Waals surface area contributed by atoms with Crippen LogP contribution < -0.4 is 42.0 Å². The van der Waals surface area contributed by atoms with Gasteiger partial charge in [0, 0.05) is 67.2 Å². The van der Waals surface area contributed by atoms with E-state index in [0.717, 1.165) is 26.8 Å². The number of nitrogens with two attached hydrogens (primary N) is 1. The number of rotatable bonds is 23. The van der Waals surface area contributed by atoms with Crippen molar-refractivity contribution in [3.8, 4) is 5.75 Å². The second kappa shape index (κ2) is 25.2. The van der Waals surface area contributed by atoms with Crippen LogP contribution in [-0.2, 0) is 40.1 Å². The van der Waals surface area contributed by atoms with Gasteiger partial charge in [-0.15, -0.1) is 11.6 Å². The molecule has 6 rings (SSSR count). The van der Waals surface area contributed by atoms with Crippen LogP contribution in [0.3, 0.4) is 0 Å². The first-order valence-electron chi connectivity index (χ1n) is 23.4. The second-order valence-corrected chi connectivity index (χ2v) is 17.8. The van der Waals surface area contributed by atoms with Crippen LogP contribution in [0.1, 0.15) is 75.0 Å². The Kier molecular flexibility index (Phi) is 18.7.